The van der Waals surface area contributed by atoms with Gasteiger partial charge in [0.1, 0.15) is 18.5 Å². The average Bonchev–Trinajstić information content (AvgIpc) is 2.71. The molecule has 0 saturated carbocycles. The molecule has 1 aliphatic heterocycles. The Morgan fingerprint density at radius 1 is 1.04 bits per heavy atom. The lowest BCUT2D eigenvalue weighted by atomic mass is 10.1. The molecule has 0 aliphatic carbocycles. The molecule has 0 saturated heterocycles. The predicted octanol–water partition coefficient (Wildman–Crippen LogP) is 2.97. The minimum absolute atomic E-state index is 0.122. The lowest BCUT2D eigenvalue weighted by Crippen LogP contribution is -2.40. The standard InChI is InChI=1S/C20H19NO5S/c1-24-16-8-6-15-11-18(9-7-14(15)10-16)27(22,23)21-12-17-13-25-19-4-2-3-5-20(19)26-17/h2-11,17,21H,12-13H2,1H3. The summed E-state index contributed by atoms with van der Waals surface area (Å²) in [7, 11) is -2.06. The van der Waals surface area contributed by atoms with E-state index in [1.807, 2.05) is 30.3 Å². The molecule has 0 amide bonds. The Kier molecular flexibility index (Phi) is 4.63. The van der Waals surface area contributed by atoms with E-state index in [-0.39, 0.29) is 24.2 Å². The Hall–Kier alpha value is -2.77. The zero-order valence-electron chi connectivity index (χ0n) is 14.7. The van der Waals surface area contributed by atoms with Gasteiger partial charge in [-0.1, -0.05) is 24.3 Å². The summed E-state index contributed by atoms with van der Waals surface area (Å²) in [5, 5.41) is 1.73. The van der Waals surface area contributed by atoms with Gasteiger partial charge in [-0.2, -0.15) is 0 Å². The van der Waals surface area contributed by atoms with Gasteiger partial charge in [-0.05, 0) is 47.2 Å². The maximum atomic E-state index is 12.7. The minimum atomic E-state index is -3.66. The number of para-hydroxylation sites is 2. The van der Waals surface area contributed by atoms with Crippen LogP contribution in [0.5, 0.6) is 17.2 Å². The Bertz CT molecular complexity index is 1080. The second-order valence-corrected chi connectivity index (χ2v) is 7.99. The van der Waals surface area contributed by atoms with Gasteiger partial charge >= 0.3 is 0 Å². The summed E-state index contributed by atoms with van der Waals surface area (Å²) in [4.78, 5) is 0.206. The number of benzene rings is 3. The molecule has 1 unspecified atom stereocenters. The summed E-state index contributed by atoms with van der Waals surface area (Å²) >= 11 is 0. The molecular weight excluding hydrogens is 366 g/mol. The number of rotatable bonds is 5. The second kappa shape index (κ2) is 7.09. The fourth-order valence-corrected chi connectivity index (χ4v) is 4.05. The van der Waals surface area contributed by atoms with Gasteiger partial charge in [-0.25, -0.2) is 13.1 Å². The van der Waals surface area contributed by atoms with Crippen molar-refractivity contribution in [1.82, 2.24) is 4.72 Å². The lowest BCUT2D eigenvalue weighted by molar-refractivity contribution is 0.0943. The molecule has 0 bridgehead atoms. The van der Waals surface area contributed by atoms with Crippen LogP contribution in [0.4, 0.5) is 0 Å². The van der Waals surface area contributed by atoms with Crippen LogP contribution in [0.25, 0.3) is 10.8 Å². The number of ether oxygens (including phenoxy) is 3. The third-order valence-corrected chi connectivity index (χ3v) is 5.82. The van der Waals surface area contributed by atoms with Gasteiger partial charge in [-0.15, -0.1) is 0 Å². The van der Waals surface area contributed by atoms with Crippen LogP contribution in [0, 0.1) is 0 Å². The van der Waals surface area contributed by atoms with Crippen molar-refractivity contribution < 1.29 is 22.6 Å². The average molecular weight is 385 g/mol. The van der Waals surface area contributed by atoms with Crippen molar-refractivity contribution in [3.63, 3.8) is 0 Å². The van der Waals surface area contributed by atoms with Crippen molar-refractivity contribution in [1.29, 1.82) is 0 Å². The molecule has 3 aromatic carbocycles. The highest BCUT2D eigenvalue weighted by atomic mass is 32.2. The first kappa shape index (κ1) is 17.6. The Morgan fingerprint density at radius 2 is 1.78 bits per heavy atom. The highest BCUT2D eigenvalue weighted by molar-refractivity contribution is 7.89. The molecule has 1 N–H and O–H groups in total. The number of hydrogen-bond acceptors (Lipinski definition) is 5. The molecule has 4 rings (SSSR count). The Morgan fingerprint density at radius 3 is 2.59 bits per heavy atom. The van der Waals surface area contributed by atoms with Crippen molar-refractivity contribution in [2.75, 3.05) is 20.3 Å². The molecule has 0 fully saturated rings. The summed E-state index contributed by atoms with van der Waals surface area (Å²) in [6, 6.07) is 17.8. The summed E-state index contributed by atoms with van der Waals surface area (Å²) in [5.74, 6) is 2.01. The highest BCUT2D eigenvalue weighted by Crippen LogP contribution is 2.31. The number of fused-ring (bicyclic) bond motifs is 2. The molecule has 1 atom stereocenters. The molecular formula is C20H19NO5S. The smallest absolute Gasteiger partial charge is 0.240 e. The van der Waals surface area contributed by atoms with E-state index in [0.29, 0.717) is 11.5 Å². The van der Waals surface area contributed by atoms with E-state index in [0.717, 1.165) is 16.5 Å². The maximum absolute atomic E-state index is 12.7. The van der Waals surface area contributed by atoms with E-state index in [1.54, 1.807) is 37.4 Å². The SMILES string of the molecule is COc1ccc2cc(S(=O)(=O)NCC3COc4ccccc4O3)ccc2c1. The Labute approximate surface area is 157 Å². The van der Waals surface area contributed by atoms with E-state index in [1.165, 1.54) is 0 Å². The first-order valence-electron chi connectivity index (χ1n) is 8.51. The first-order valence-corrected chi connectivity index (χ1v) is 9.99. The van der Waals surface area contributed by atoms with Crippen LogP contribution in [-0.2, 0) is 10.0 Å². The fourth-order valence-electron chi connectivity index (χ4n) is 2.95. The number of sulfonamides is 1. The number of nitrogens with one attached hydrogen (secondary N) is 1. The molecule has 0 spiro atoms. The van der Waals surface area contributed by atoms with Gasteiger partial charge in [0.25, 0.3) is 0 Å². The van der Waals surface area contributed by atoms with Gasteiger partial charge < -0.3 is 14.2 Å². The minimum Gasteiger partial charge on any atom is -0.497 e. The molecule has 0 aromatic heterocycles. The molecule has 0 radical (unpaired) electrons. The predicted molar refractivity (Wildman–Crippen MR) is 102 cm³/mol. The van der Waals surface area contributed by atoms with Crippen LogP contribution in [0.1, 0.15) is 0 Å². The van der Waals surface area contributed by atoms with Crippen molar-refractivity contribution in [2.45, 2.75) is 11.0 Å². The van der Waals surface area contributed by atoms with E-state index in [2.05, 4.69) is 4.72 Å². The van der Waals surface area contributed by atoms with Crippen molar-refractivity contribution in [3.05, 3.63) is 60.7 Å². The van der Waals surface area contributed by atoms with Crippen LogP contribution in [-0.4, -0.2) is 34.8 Å². The summed E-state index contributed by atoms with van der Waals surface area (Å²) in [6.07, 6.45) is -0.389. The summed E-state index contributed by atoms with van der Waals surface area (Å²) < 4.78 is 44.5. The number of hydrogen-bond donors (Lipinski definition) is 1. The molecule has 140 valence electrons. The quantitative estimate of drug-likeness (QED) is 0.731. The van der Waals surface area contributed by atoms with Gasteiger partial charge in [0.15, 0.2) is 11.5 Å². The van der Waals surface area contributed by atoms with Crippen molar-refractivity contribution in [2.24, 2.45) is 0 Å². The third kappa shape index (κ3) is 3.70. The van der Waals surface area contributed by atoms with Crippen LogP contribution in [0.3, 0.4) is 0 Å². The van der Waals surface area contributed by atoms with E-state index in [9.17, 15) is 8.42 Å². The molecule has 7 heteroatoms. The van der Waals surface area contributed by atoms with Gasteiger partial charge in [0, 0.05) is 0 Å². The highest BCUT2D eigenvalue weighted by Gasteiger charge is 2.23. The summed E-state index contributed by atoms with van der Waals surface area (Å²) in [6.45, 7) is 0.411. The topological polar surface area (TPSA) is 73.9 Å². The molecule has 27 heavy (non-hydrogen) atoms. The molecule has 6 nitrogen and oxygen atoms in total. The van der Waals surface area contributed by atoms with Gasteiger partial charge in [0.2, 0.25) is 10.0 Å². The largest absolute Gasteiger partial charge is 0.497 e. The zero-order chi connectivity index (χ0) is 18.9. The fraction of sp³-hybridized carbons (Fsp3) is 0.200. The van der Waals surface area contributed by atoms with Gasteiger partial charge in [0.05, 0.1) is 18.6 Å². The lowest BCUT2D eigenvalue weighted by Gasteiger charge is -2.26. The normalized spacial score (nSPS) is 16.3. The molecule has 1 heterocycles. The van der Waals surface area contributed by atoms with E-state index in [4.69, 9.17) is 14.2 Å². The van der Waals surface area contributed by atoms with E-state index < -0.39 is 10.0 Å². The van der Waals surface area contributed by atoms with Crippen LogP contribution < -0.4 is 18.9 Å². The zero-order valence-corrected chi connectivity index (χ0v) is 15.5. The molecule has 1 aliphatic rings. The number of methoxy groups -OCH3 is 1. The van der Waals surface area contributed by atoms with E-state index >= 15 is 0 Å². The second-order valence-electron chi connectivity index (χ2n) is 6.22. The third-order valence-electron chi connectivity index (χ3n) is 4.40. The van der Waals surface area contributed by atoms with Crippen molar-refractivity contribution in [3.8, 4) is 17.2 Å². The maximum Gasteiger partial charge on any atom is 0.240 e. The van der Waals surface area contributed by atoms with Crippen LogP contribution in [0.2, 0.25) is 0 Å². The Balaban J connectivity index is 1.48. The first-order chi connectivity index (χ1) is 13.0. The molecule has 3 aromatic rings. The monoisotopic (exact) mass is 385 g/mol. The van der Waals surface area contributed by atoms with Crippen LogP contribution >= 0.6 is 0 Å². The van der Waals surface area contributed by atoms with Crippen LogP contribution in [0.15, 0.2) is 65.6 Å². The van der Waals surface area contributed by atoms with Crippen molar-refractivity contribution >= 4 is 20.8 Å². The summed E-state index contributed by atoms with van der Waals surface area (Å²) in [5.41, 5.74) is 0. The van der Waals surface area contributed by atoms with Gasteiger partial charge in [-0.3, -0.25) is 0 Å².